The van der Waals surface area contributed by atoms with Crippen LogP contribution in [0, 0.1) is 13.8 Å². The van der Waals surface area contributed by atoms with Gasteiger partial charge >= 0.3 is 5.97 Å². The maximum atomic E-state index is 11.7. The lowest BCUT2D eigenvalue weighted by molar-refractivity contribution is 0.0599. The average Bonchev–Trinajstić information content (AvgIpc) is 2.83. The first-order valence-electron chi connectivity index (χ1n) is 6.99. The van der Waals surface area contributed by atoms with Gasteiger partial charge in [0.15, 0.2) is 0 Å². The fourth-order valence-corrected chi connectivity index (χ4v) is 2.44. The van der Waals surface area contributed by atoms with E-state index in [0.717, 1.165) is 22.6 Å². The lowest BCUT2D eigenvalue weighted by atomic mass is 10.1. The standard InChI is InChI=1S/C17H21NO3/c1-11-9-16(13(3)21-11)12(2)18-10-14-7-5-6-8-15(14)17(19)20-4/h5-9,12,18H,10H2,1-4H3. The Bertz CT molecular complexity index is 631. The molecule has 0 aliphatic heterocycles. The van der Waals surface area contributed by atoms with Crippen molar-refractivity contribution in [1.29, 1.82) is 0 Å². The van der Waals surface area contributed by atoms with Crippen LogP contribution in [0.5, 0.6) is 0 Å². The maximum Gasteiger partial charge on any atom is 0.338 e. The van der Waals surface area contributed by atoms with Crippen LogP contribution in [0.4, 0.5) is 0 Å². The smallest absolute Gasteiger partial charge is 0.338 e. The van der Waals surface area contributed by atoms with Gasteiger partial charge in [0.2, 0.25) is 0 Å². The molecule has 0 fully saturated rings. The maximum absolute atomic E-state index is 11.7. The highest BCUT2D eigenvalue weighted by Gasteiger charge is 2.15. The summed E-state index contributed by atoms with van der Waals surface area (Å²) < 4.78 is 10.4. The highest BCUT2D eigenvalue weighted by atomic mass is 16.5. The zero-order valence-corrected chi connectivity index (χ0v) is 12.9. The Hall–Kier alpha value is -2.07. The highest BCUT2D eigenvalue weighted by Crippen LogP contribution is 2.22. The molecule has 1 aromatic heterocycles. The molecule has 0 radical (unpaired) electrons. The van der Waals surface area contributed by atoms with E-state index in [4.69, 9.17) is 9.15 Å². The minimum absolute atomic E-state index is 0.146. The molecule has 0 aliphatic carbocycles. The van der Waals surface area contributed by atoms with E-state index in [9.17, 15) is 4.79 Å². The molecule has 0 amide bonds. The minimum Gasteiger partial charge on any atom is -0.466 e. The van der Waals surface area contributed by atoms with Crippen molar-refractivity contribution in [3.8, 4) is 0 Å². The minimum atomic E-state index is -0.310. The van der Waals surface area contributed by atoms with Crippen LogP contribution in [0.3, 0.4) is 0 Å². The summed E-state index contributed by atoms with van der Waals surface area (Å²) in [6, 6.07) is 9.65. The summed E-state index contributed by atoms with van der Waals surface area (Å²) >= 11 is 0. The predicted molar refractivity (Wildman–Crippen MR) is 81.2 cm³/mol. The molecular weight excluding hydrogens is 266 g/mol. The first-order valence-corrected chi connectivity index (χ1v) is 6.99. The summed E-state index contributed by atoms with van der Waals surface area (Å²) in [5.41, 5.74) is 2.66. The Balaban J connectivity index is 2.10. The fourth-order valence-electron chi connectivity index (χ4n) is 2.44. The molecule has 2 aromatic rings. The van der Waals surface area contributed by atoms with Crippen LogP contribution in [0.2, 0.25) is 0 Å². The van der Waals surface area contributed by atoms with Gasteiger partial charge in [0.1, 0.15) is 11.5 Å². The topological polar surface area (TPSA) is 51.5 Å². The third kappa shape index (κ3) is 3.52. The third-order valence-electron chi connectivity index (χ3n) is 3.57. The van der Waals surface area contributed by atoms with Crippen molar-refractivity contribution < 1.29 is 13.9 Å². The number of hydrogen-bond acceptors (Lipinski definition) is 4. The Labute approximate surface area is 125 Å². The quantitative estimate of drug-likeness (QED) is 0.855. The van der Waals surface area contributed by atoms with Crippen LogP contribution in [0.1, 0.15) is 46.0 Å². The van der Waals surface area contributed by atoms with Crippen LogP contribution in [0.25, 0.3) is 0 Å². The van der Waals surface area contributed by atoms with Gasteiger partial charge in [0.05, 0.1) is 12.7 Å². The van der Waals surface area contributed by atoms with E-state index in [2.05, 4.69) is 12.2 Å². The summed E-state index contributed by atoms with van der Waals surface area (Å²) in [7, 11) is 1.40. The fraction of sp³-hybridized carbons (Fsp3) is 0.353. The van der Waals surface area contributed by atoms with Gasteiger partial charge in [-0.1, -0.05) is 18.2 Å². The Morgan fingerprint density at radius 3 is 2.67 bits per heavy atom. The molecule has 1 unspecified atom stereocenters. The molecule has 0 aliphatic rings. The number of benzene rings is 1. The summed E-state index contributed by atoms with van der Waals surface area (Å²) in [5.74, 6) is 1.52. The van der Waals surface area contributed by atoms with Gasteiger partial charge in [0, 0.05) is 18.2 Å². The molecule has 1 atom stereocenters. The molecule has 0 saturated carbocycles. The number of aryl methyl sites for hydroxylation is 2. The number of nitrogens with one attached hydrogen (secondary N) is 1. The van der Waals surface area contributed by atoms with Crippen LogP contribution >= 0.6 is 0 Å². The second-order valence-corrected chi connectivity index (χ2v) is 5.12. The molecule has 112 valence electrons. The number of methoxy groups -OCH3 is 1. The summed E-state index contributed by atoms with van der Waals surface area (Å²) in [6.45, 7) is 6.58. The first kappa shape index (κ1) is 15.3. The molecule has 1 aromatic carbocycles. The van der Waals surface area contributed by atoms with E-state index in [1.807, 2.05) is 38.1 Å². The zero-order valence-electron chi connectivity index (χ0n) is 12.9. The average molecular weight is 287 g/mol. The van der Waals surface area contributed by atoms with Gasteiger partial charge in [-0.25, -0.2) is 4.79 Å². The second-order valence-electron chi connectivity index (χ2n) is 5.12. The number of ether oxygens (including phenoxy) is 1. The van der Waals surface area contributed by atoms with Crippen molar-refractivity contribution in [2.45, 2.75) is 33.4 Å². The van der Waals surface area contributed by atoms with Crippen LogP contribution in [-0.4, -0.2) is 13.1 Å². The monoisotopic (exact) mass is 287 g/mol. The predicted octanol–water partition coefficient (Wildman–Crippen LogP) is 3.53. The molecular formula is C17H21NO3. The number of hydrogen-bond donors (Lipinski definition) is 1. The van der Waals surface area contributed by atoms with Crippen LogP contribution < -0.4 is 5.32 Å². The molecule has 0 bridgehead atoms. The van der Waals surface area contributed by atoms with Crippen molar-refractivity contribution >= 4 is 5.97 Å². The molecule has 1 heterocycles. The van der Waals surface area contributed by atoms with Crippen molar-refractivity contribution in [1.82, 2.24) is 5.32 Å². The van der Waals surface area contributed by atoms with Crippen molar-refractivity contribution in [2.24, 2.45) is 0 Å². The van der Waals surface area contributed by atoms with Gasteiger partial charge in [0.25, 0.3) is 0 Å². The third-order valence-corrected chi connectivity index (χ3v) is 3.57. The molecule has 1 N–H and O–H groups in total. The number of rotatable bonds is 5. The molecule has 21 heavy (non-hydrogen) atoms. The molecule has 4 nitrogen and oxygen atoms in total. The van der Waals surface area contributed by atoms with E-state index in [0.29, 0.717) is 12.1 Å². The van der Waals surface area contributed by atoms with Gasteiger partial charge in [-0.15, -0.1) is 0 Å². The highest BCUT2D eigenvalue weighted by molar-refractivity contribution is 5.90. The van der Waals surface area contributed by atoms with Gasteiger partial charge < -0.3 is 14.5 Å². The number of esters is 1. The lowest BCUT2D eigenvalue weighted by Crippen LogP contribution is -2.20. The van der Waals surface area contributed by atoms with E-state index in [-0.39, 0.29) is 12.0 Å². The summed E-state index contributed by atoms with van der Waals surface area (Å²) in [4.78, 5) is 11.7. The van der Waals surface area contributed by atoms with Gasteiger partial charge in [-0.3, -0.25) is 0 Å². The number of carbonyl (C=O) groups is 1. The zero-order chi connectivity index (χ0) is 15.4. The van der Waals surface area contributed by atoms with Crippen LogP contribution in [-0.2, 0) is 11.3 Å². The number of carbonyl (C=O) groups excluding carboxylic acids is 1. The van der Waals surface area contributed by atoms with Gasteiger partial charge in [-0.2, -0.15) is 0 Å². The van der Waals surface area contributed by atoms with E-state index in [1.54, 1.807) is 6.07 Å². The van der Waals surface area contributed by atoms with Crippen LogP contribution in [0.15, 0.2) is 34.7 Å². The summed E-state index contributed by atoms with van der Waals surface area (Å²) in [5, 5.41) is 3.42. The lowest BCUT2D eigenvalue weighted by Gasteiger charge is -2.14. The Morgan fingerprint density at radius 1 is 1.33 bits per heavy atom. The van der Waals surface area contributed by atoms with Gasteiger partial charge in [-0.05, 0) is 38.5 Å². The number of furan rings is 1. The van der Waals surface area contributed by atoms with E-state index in [1.165, 1.54) is 7.11 Å². The van der Waals surface area contributed by atoms with E-state index >= 15 is 0 Å². The Morgan fingerprint density at radius 2 is 2.05 bits per heavy atom. The Kier molecular flexibility index (Phi) is 4.81. The van der Waals surface area contributed by atoms with Crippen molar-refractivity contribution in [3.05, 3.63) is 58.5 Å². The van der Waals surface area contributed by atoms with Crippen molar-refractivity contribution in [2.75, 3.05) is 7.11 Å². The normalized spacial score (nSPS) is 12.2. The van der Waals surface area contributed by atoms with Crippen molar-refractivity contribution in [3.63, 3.8) is 0 Å². The first-order chi connectivity index (χ1) is 10.0. The second kappa shape index (κ2) is 6.59. The molecule has 4 heteroatoms. The molecule has 0 spiro atoms. The van der Waals surface area contributed by atoms with E-state index < -0.39 is 0 Å². The molecule has 2 rings (SSSR count). The largest absolute Gasteiger partial charge is 0.466 e. The molecule has 0 saturated heterocycles. The SMILES string of the molecule is COC(=O)c1ccccc1CNC(C)c1cc(C)oc1C. The summed E-state index contributed by atoms with van der Waals surface area (Å²) in [6.07, 6.45) is 0.